The van der Waals surface area contributed by atoms with Crippen LogP contribution in [0.5, 0.6) is 5.88 Å². The van der Waals surface area contributed by atoms with E-state index in [1.807, 2.05) is 49.4 Å². The summed E-state index contributed by atoms with van der Waals surface area (Å²) < 4.78 is 10.1. The fourth-order valence-corrected chi connectivity index (χ4v) is 3.82. The molecule has 1 atom stereocenters. The van der Waals surface area contributed by atoms with Gasteiger partial charge in [0.15, 0.2) is 0 Å². The number of methoxy groups -OCH3 is 1. The normalized spacial score (nSPS) is 13.3. The molecule has 12 nitrogen and oxygen atoms in total. The van der Waals surface area contributed by atoms with Gasteiger partial charge in [-0.25, -0.2) is 19.9 Å². The highest BCUT2D eigenvalue weighted by atomic mass is 16.5. The molecular weight excluding hydrogens is 514 g/mol. The quantitative estimate of drug-likeness (QED) is 0.244. The second-order valence-electron chi connectivity index (χ2n) is 9.12. The molecule has 5 rings (SSSR count). The van der Waals surface area contributed by atoms with Crippen molar-refractivity contribution >= 4 is 40.2 Å². The van der Waals surface area contributed by atoms with Crippen LogP contribution >= 0.6 is 0 Å². The maximum atomic E-state index is 10.8. The molecule has 40 heavy (non-hydrogen) atoms. The SMILES string of the molecule is CC(=O)NC1COC1.COc1nccc2ccc(Nc3ccc(C(C)Nc4ncc(CC(=O)O)cn4)cc3)nc12. The molecule has 1 fully saturated rings. The zero-order chi connectivity index (χ0) is 28.5. The summed E-state index contributed by atoms with van der Waals surface area (Å²) in [5.74, 6) is 0.735. The van der Waals surface area contributed by atoms with Gasteiger partial charge in [-0.3, -0.25) is 9.59 Å². The number of hydrogen-bond acceptors (Lipinski definition) is 10. The fourth-order valence-electron chi connectivity index (χ4n) is 3.82. The molecule has 4 heterocycles. The van der Waals surface area contributed by atoms with E-state index in [0.717, 1.165) is 16.6 Å². The Balaban J connectivity index is 0.000000398. The maximum absolute atomic E-state index is 10.8. The maximum Gasteiger partial charge on any atom is 0.307 e. The van der Waals surface area contributed by atoms with E-state index in [4.69, 9.17) is 14.6 Å². The van der Waals surface area contributed by atoms with Crippen LogP contribution in [0.4, 0.5) is 17.5 Å². The number of ether oxygens (including phenoxy) is 2. The Morgan fingerprint density at radius 2 is 1.80 bits per heavy atom. The van der Waals surface area contributed by atoms with Gasteiger partial charge in [-0.05, 0) is 42.8 Å². The van der Waals surface area contributed by atoms with E-state index in [9.17, 15) is 9.59 Å². The van der Waals surface area contributed by atoms with Gasteiger partial charge in [0.1, 0.15) is 11.3 Å². The summed E-state index contributed by atoms with van der Waals surface area (Å²) in [6.45, 7) is 4.87. The van der Waals surface area contributed by atoms with Gasteiger partial charge in [-0.1, -0.05) is 12.1 Å². The number of carboxylic acid groups (broad SMARTS) is 1. The second kappa shape index (κ2) is 13.3. The molecule has 1 aliphatic rings. The van der Waals surface area contributed by atoms with Gasteiger partial charge in [0.2, 0.25) is 17.7 Å². The van der Waals surface area contributed by atoms with Gasteiger partial charge >= 0.3 is 5.97 Å². The molecule has 0 spiro atoms. The minimum atomic E-state index is -0.911. The largest absolute Gasteiger partial charge is 0.481 e. The summed E-state index contributed by atoms with van der Waals surface area (Å²) in [5, 5.41) is 19.0. The molecule has 0 saturated carbocycles. The molecule has 0 bridgehead atoms. The number of fused-ring (bicyclic) bond motifs is 1. The third-order valence-electron chi connectivity index (χ3n) is 5.90. The average Bonchev–Trinajstić information content (AvgIpc) is 2.92. The summed E-state index contributed by atoms with van der Waals surface area (Å²) in [6.07, 6.45) is 4.63. The number of benzene rings is 1. The van der Waals surface area contributed by atoms with E-state index < -0.39 is 5.97 Å². The number of rotatable bonds is 9. The average molecular weight is 546 g/mol. The lowest BCUT2D eigenvalue weighted by molar-refractivity contribution is -0.136. The topological polar surface area (TPSA) is 160 Å². The third-order valence-corrected chi connectivity index (χ3v) is 5.90. The summed E-state index contributed by atoms with van der Waals surface area (Å²) in [5.41, 5.74) is 3.20. The minimum absolute atomic E-state index is 0.0262. The van der Waals surface area contributed by atoms with E-state index in [2.05, 4.69) is 35.9 Å². The zero-order valence-electron chi connectivity index (χ0n) is 22.4. The van der Waals surface area contributed by atoms with Gasteiger partial charge in [0, 0.05) is 42.2 Å². The van der Waals surface area contributed by atoms with Crippen LogP contribution in [0, 0.1) is 0 Å². The number of hydrogen-bond donors (Lipinski definition) is 4. The van der Waals surface area contributed by atoms with Crippen LogP contribution in [0.1, 0.15) is 31.0 Å². The van der Waals surface area contributed by atoms with E-state index in [1.54, 1.807) is 13.3 Å². The lowest BCUT2D eigenvalue weighted by Crippen LogP contribution is -2.47. The van der Waals surface area contributed by atoms with Gasteiger partial charge < -0.3 is 30.5 Å². The smallest absolute Gasteiger partial charge is 0.307 e. The van der Waals surface area contributed by atoms with Crippen molar-refractivity contribution in [3.63, 3.8) is 0 Å². The van der Waals surface area contributed by atoms with E-state index in [1.165, 1.54) is 19.3 Å². The molecule has 208 valence electrons. The molecule has 1 saturated heterocycles. The number of carbonyl (C=O) groups is 2. The minimum Gasteiger partial charge on any atom is -0.481 e. The fraction of sp³-hybridized carbons (Fsp3) is 0.286. The Kier molecular flexibility index (Phi) is 9.36. The molecule has 4 N–H and O–H groups in total. The predicted octanol–water partition coefficient (Wildman–Crippen LogP) is 3.49. The molecule has 1 unspecified atom stereocenters. The van der Waals surface area contributed by atoms with Crippen LogP contribution in [0.3, 0.4) is 0 Å². The van der Waals surface area contributed by atoms with Crippen molar-refractivity contribution in [2.75, 3.05) is 31.0 Å². The Morgan fingerprint density at radius 3 is 2.38 bits per heavy atom. The molecule has 1 aromatic carbocycles. The standard InChI is InChI=1S/C23H22N6O3.C5H9NO2/c1-14(27-23-25-12-15(13-26-23)11-20(30)31)16-3-6-18(7-4-16)28-19-8-5-17-9-10-24-22(32-2)21(17)29-19;1-4(7)6-5-2-8-3-5/h3-10,12-14H,11H2,1-2H3,(H,28,29)(H,30,31)(H,25,26,27);5H,2-3H2,1H3,(H,6,7). The van der Waals surface area contributed by atoms with Crippen LogP contribution in [0.25, 0.3) is 10.9 Å². The van der Waals surface area contributed by atoms with Crippen LogP contribution < -0.4 is 20.7 Å². The number of carbonyl (C=O) groups excluding carboxylic acids is 1. The number of aromatic nitrogens is 4. The molecule has 1 amide bonds. The zero-order valence-corrected chi connectivity index (χ0v) is 22.4. The number of pyridine rings is 2. The molecule has 0 radical (unpaired) electrons. The molecule has 3 aromatic heterocycles. The van der Waals surface area contributed by atoms with Crippen molar-refractivity contribution in [1.29, 1.82) is 0 Å². The van der Waals surface area contributed by atoms with Crippen LogP contribution in [-0.4, -0.2) is 63.3 Å². The molecule has 1 aliphatic heterocycles. The molecule has 12 heteroatoms. The molecule has 4 aromatic rings. The summed E-state index contributed by atoms with van der Waals surface area (Å²) in [6, 6.07) is 14.0. The second-order valence-corrected chi connectivity index (χ2v) is 9.12. The third kappa shape index (κ3) is 7.84. The summed E-state index contributed by atoms with van der Waals surface area (Å²) >= 11 is 0. The van der Waals surface area contributed by atoms with Crippen molar-refractivity contribution < 1.29 is 24.2 Å². The van der Waals surface area contributed by atoms with Gasteiger partial charge in [-0.15, -0.1) is 0 Å². The van der Waals surface area contributed by atoms with Crippen molar-refractivity contribution in [3.8, 4) is 5.88 Å². The lowest BCUT2D eigenvalue weighted by Gasteiger charge is -2.25. The Hall–Kier alpha value is -4.84. The first kappa shape index (κ1) is 28.2. The summed E-state index contributed by atoms with van der Waals surface area (Å²) in [4.78, 5) is 38.2. The van der Waals surface area contributed by atoms with Crippen LogP contribution in [0.15, 0.2) is 61.1 Å². The first-order valence-electron chi connectivity index (χ1n) is 12.6. The number of anilines is 3. The lowest BCUT2D eigenvalue weighted by atomic mass is 10.1. The van der Waals surface area contributed by atoms with Gasteiger partial charge in [0.25, 0.3) is 0 Å². The van der Waals surface area contributed by atoms with E-state index >= 15 is 0 Å². The monoisotopic (exact) mass is 545 g/mol. The summed E-state index contributed by atoms with van der Waals surface area (Å²) in [7, 11) is 1.58. The first-order valence-corrected chi connectivity index (χ1v) is 12.6. The molecular formula is C28H31N7O5. The van der Waals surface area contributed by atoms with Crippen LogP contribution in [-0.2, 0) is 20.7 Å². The number of carboxylic acids is 1. The van der Waals surface area contributed by atoms with Crippen molar-refractivity contribution in [1.82, 2.24) is 25.3 Å². The Bertz CT molecular complexity index is 1440. The number of aliphatic carboxylic acids is 1. The molecule has 0 aliphatic carbocycles. The van der Waals surface area contributed by atoms with Crippen LogP contribution in [0.2, 0.25) is 0 Å². The Labute approximate surface area is 231 Å². The highest BCUT2D eigenvalue weighted by Crippen LogP contribution is 2.25. The number of nitrogens with zero attached hydrogens (tertiary/aromatic N) is 4. The van der Waals surface area contributed by atoms with Crippen molar-refractivity contribution in [2.45, 2.75) is 32.4 Å². The van der Waals surface area contributed by atoms with Gasteiger partial charge in [-0.2, -0.15) is 0 Å². The first-order chi connectivity index (χ1) is 19.3. The number of amides is 1. The highest BCUT2D eigenvalue weighted by Gasteiger charge is 2.18. The number of nitrogens with one attached hydrogen (secondary N) is 3. The van der Waals surface area contributed by atoms with E-state index in [-0.39, 0.29) is 24.4 Å². The predicted molar refractivity (Wildman–Crippen MR) is 150 cm³/mol. The van der Waals surface area contributed by atoms with Gasteiger partial charge in [0.05, 0.1) is 38.8 Å². The highest BCUT2D eigenvalue weighted by molar-refractivity contribution is 5.84. The van der Waals surface area contributed by atoms with Crippen molar-refractivity contribution in [3.05, 3.63) is 72.2 Å². The van der Waals surface area contributed by atoms with E-state index in [0.29, 0.717) is 41.9 Å². The Morgan fingerprint density at radius 1 is 1.07 bits per heavy atom. The van der Waals surface area contributed by atoms with Crippen molar-refractivity contribution in [2.24, 2.45) is 0 Å².